The maximum absolute atomic E-state index is 13.5. The number of anilines is 1. The Morgan fingerprint density at radius 3 is 1.66 bits per heavy atom. The Morgan fingerprint density at radius 2 is 1.19 bits per heavy atom. The predicted octanol–water partition coefficient (Wildman–Crippen LogP) is 3.22. The minimum Gasteiger partial charge on any atom is -0.506 e. The summed E-state index contributed by atoms with van der Waals surface area (Å²) in [6.45, 7) is -0.370. The maximum Gasteiger partial charge on any atom is 0.244 e. The number of aromatic hydroxyl groups is 1. The van der Waals surface area contributed by atoms with Crippen LogP contribution in [0.4, 0.5) is 5.69 Å². The van der Waals surface area contributed by atoms with Gasteiger partial charge in [0.2, 0.25) is 17.7 Å². The Bertz CT molecular complexity index is 1180. The molecule has 3 amide bonds. The van der Waals surface area contributed by atoms with Gasteiger partial charge in [-0.1, -0.05) is 60.7 Å². The Morgan fingerprint density at radius 1 is 0.750 bits per heavy atom. The van der Waals surface area contributed by atoms with E-state index in [9.17, 15) is 19.5 Å². The normalized spacial score (nSPS) is 24.7. The number of para-hydroxylation sites is 2. The van der Waals surface area contributed by atoms with Crippen LogP contribution >= 0.6 is 0 Å². The summed E-state index contributed by atoms with van der Waals surface area (Å²) < 4.78 is 0. The molecule has 1 fully saturated rings. The standard InChI is InChI=1S/C26H20N2O4/c29-19-12-6-5-11-18(19)27-20(30)13-28-25(31)23-21-14-7-1-2-8-15(14)22(24(23)26(28)32)17-10-4-3-9-16(17)21/h1-12,21-24,29H,13H2,(H,27,30)/t21?,22?,23-,24+. The summed E-state index contributed by atoms with van der Waals surface area (Å²) in [5, 5.41) is 12.5. The number of hydrogen-bond acceptors (Lipinski definition) is 4. The number of nitrogens with one attached hydrogen (secondary N) is 1. The van der Waals surface area contributed by atoms with Gasteiger partial charge < -0.3 is 10.4 Å². The van der Waals surface area contributed by atoms with Crippen LogP contribution in [0, 0.1) is 11.8 Å². The van der Waals surface area contributed by atoms with Crippen molar-refractivity contribution < 1.29 is 19.5 Å². The summed E-state index contributed by atoms with van der Waals surface area (Å²) in [4.78, 5) is 40.7. The molecule has 158 valence electrons. The van der Waals surface area contributed by atoms with Gasteiger partial charge in [-0.25, -0.2) is 0 Å². The van der Waals surface area contributed by atoms with Gasteiger partial charge >= 0.3 is 0 Å². The summed E-state index contributed by atoms with van der Waals surface area (Å²) in [5.41, 5.74) is 4.63. The van der Waals surface area contributed by atoms with Crippen molar-refractivity contribution >= 4 is 23.4 Å². The molecule has 1 aliphatic heterocycles. The van der Waals surface area contributed by atoms with Gasteiger partial charge in [0.15, 0.2) is 0 Å². The molecular weight excluding hydrogens is 404 g/mol. The first kappa shape index (κ1) is 18.8. The summed E-state index contributed by atoms with van der Waals surface area (Å²) in [7, 11) is 0. The second-order valence-electron chi connectivity index (χ2n) is 8.59. The lowest BCUT2D eigenvalue weighted by Gasteiger charge is -2.45. The van der Waals surface area contributed by atoms with Crippen LogP contribution < -0.4 is 5.32 Å². The van der Waals surface area contributed by atoms with E-state index in [1.807, 2.05) is 48.5 Å². The average molecular weight is 424 g/mol. The number of benzene rings is 3. The van der Waals surface area contributed by atoms with Crippen LogP contribution in [0.2, 0.25) is 0 Å². The van der Waals surface area contributed by atoms with Crippen molar-refractivity contribution in [3.05, 3.63) is 95.1 Å². The second kappa shape index (κ2) is 6.79. The van der Waals surface area contributed by atoms with Gasteiger partial charge in [0.05, 0.1) is 17.5 Å². The summed E-state index contributed by atoms with van der Waals surface area (Å²) >= 11 is 0. The van der Waals surface area contributed by atoms with Crippen molar-refractivity contribution in [3.8, 4) is 5.75 Å². The molecule has 32 heavy (non-hydrogen) atoms. The molecule has 3 aromatic rings. The number of carbonyl (C=O) groups excluding carboxylic acids is 3. The van der Waals surface area contributed by atoms with Crippen molar-refractivity contribution in [1.29, 1.82) is 0 Å². The van der Waals surface area contributed by atoms with Crippen LogP contribution in [0.1, 0.15) is 34.1 Å². The molecule has 0 spiro atoms. The van der Waals surface area contributed by atoms with Gasteiger partial charge in [-0.2, -0.15) is 0 Å². The monoisotopic (exact) mass is 424 g/mol. The van der Waals surface area contributed by atoms with Gasteiger partial charge in [-0.15, -0.1) is 0 Å². The van der Waals surface area contributed by atoms with Crippen LogP contribution in [0.3, 0.4) is 0 Å². The predicted molar refractivity (Wildman–Crippen MR) is 117 cm³/mol. The number of imide groups is 1. The van der Waals surface area contributed by atoms with E-state index in [4.69, 9.17) is 0 Å². The van der Waals surface area contributed by atoms with Crippen LogP contribution in [0.25, 0.3) is 0 Å². The van der Waals surface area contributed by atoms with E-state index < -0.39 is 17.7 Å². The first-order chi connectivity index (χ1) is 15.6. The zero-order chi connectivity index (χ0) is 22.0. The lowest BCUT2D eigenvalue weighted by atomic mass is 9.55. The van der Waals surface area contributed by atoms with Crippen LogP contribution in [-0.4, -0.2) is 34.3 Å². The van der Waals surface area contributed by atoms with Crippen molar-refractivity contribution in [2.75, 3.05) is 11.9 Å². The molecule has 1 saturated heterocycles. The highest BCUT2D eigenvalue weighted by atomic mass is 16.3. The number of phenolic OH excluding ortho intramolecular Hbond substituents is 1. The fraction of sp³-hybridized carbons (Fsp3) is 0.192. The van der Waals surface area contributed by atoms with Crippen molar-refractivity contribution in [2.45, 2.75) is 11.8 Å². The number of hydrogen-bond donors (Lipinski definition) is 2. The molecule has 2 bridgehead atoms. The number of amides is 3. The van der Waals surface area contributed by atoms with E-state index in [2.05, 4.69) is 5.32 Å². The third kappa shape index (κ3) is 2.49. The number of nitrogens with zero attached hydrogens (tertiary/aromatic N) is 1. The van der Waals surface area contributed by atoms with E-state index in [0.717, 1.165) is 27.2 Å². The molecule has 3 aromatic carbocycles. The average Bonchev–Trinajstić information content (AvgIpc) is 3.06. The molecule has 2 atom stereocenters. The van der Waals surface area contributed by atoms with Gasteiger partial charge in [0.1, 0.15) is 12.3 Å². The smallest absolute Gasteiger partial charge is 0.244 e. The molecule has 0 saturated carbocycles. The van der Waals surface area contributed by atoms with Crippen LogP contribution in [0.15, 0.2) is 72.8 Å². The highest BCUT2D eigenvalue weighted by Gasteiger charge is 2.61. The Kier molecular flexibility index (Phi) is 3.99. The van der Waals surface area contributed by atoms with E-state index in [0.29, 0.717) is 0 Å². The van der Waals surface area contributed by atoms with Crippen molar-refractivity contribution in [3.63, 3.8) is 0 Å². The first-order valence-electron chi connectivity index (χ1n) is 10.7. The third-order valence-electron chi connectivity index (χ3n) is 7.02. The number of rotatable bonds is 3. The summed E-state index contributed by atoms with van der Waals surface area (Å²) in [6.07, 6.45) is 0. The zero-order valence-corrected chi connectivity index (χ0v) is 17.1. The molecule has 6 nitrogen and oxygen atoms in total. The maximum atomic E-state index is 13.5. The highest BCUT2D eigenvalue weighted by molar-refractivity contribution is 6.10. The Balaban J connectivity index is 1.36. The number of likely N-dealkylation sites (tertiary alicyclic amines) is 1. The first-order valence-corrected chi connectivity index (χ1v) is 10.7. The van der Waals surface area contributed by atoms with Crippen molar-refractivity contribution in [2.24, 2.45) is 11.8 Å². The van der Waals surface area contributed by atoms with Crippen LogP contribution in [-0.2, 0) is 14.4 Å². The molecule has 6 heteroatoms. The van der Waals surface area contributed by atoms with E-state index in [-0.39, 0.29) is 41.6 Å². The lowest BCUT2D eigenvalue weighted by molar-refractivity contribution is -0.142. The fourth-order valence-corrected chi connectivity index (χ4v) is 5.81. The molecule has 7 rings (SSSR count). The summed E-state index contributed by atoms with van der Waals surface area (Å²) in [6, 6.07) is 22.4. The molecular formula is C26H20N2O4. The molecule has 4 aliphatic rings. The molecule has 2 N–H and O–H groups in total. The van der Waals surface area contributed by atoms with Gasteiger partial charge in [-0.05, 0) is 34.4 Å². The zero-order valence-electron chi connectivity index (χ0n) is 17.1. The van der Waals surface area contributed by atoms with Gasteiger partial charge in [0.25, 0.3) is 0 Å². The minimum absolute atomic E-state index is 0.0717. The molecule has 0 unspecified atom stereocenters. The molecule has 0 radical (unpaired) electrons. The van der Waals surface area contributed by atoms with Gasteiger partial charge in [-0.3, -0.25) is 19.3 Å². The summed E-state index contributed by atoms with van der Waals surface area (Å²) in [5.74, 6) is -2.59. The number of phenols is 1. The van der Waals surface area contributed by atoms with Gasteiger partial charge in [0, 0.05) is 11.8 Å². The highest BCUT2D eigenvalue weighted by Crippen LogP contribution is 2.60. The van der Waals surface area contributed by atoms with Crippen LogP contribution in [0.5, 0.6) is 5.75 Å². The largest absolute Gasteiger partial charge is 0.506 e. The van der Waals surface area contributed by atoms with E-state index in [1.165, 1.54) is 6.07 Å². The topological polar surface area (TPSA) is 86.7 Å². The third-order valence-corrected chi connectivity index (χ3v) is 7.02. The molecule has 1 heterocycles. The molecule has 0 aromatic heterocycles. The quantitative estimate of drug-likeness (QED) is 0.499. The molecule has 3 aliphatic carbocycles. The fourth-order valence-electron chi connectivity index (χ4n) is 5.81. The Hall–Kier alpha value is -3.93. The second-order valence-corrected chi connectivity index (χ2v) is 8.59. The number of carbonyl (C=O) groups is 3. The minimum atomic E-state index is -0.519. The Labute approximate surface area is 184 Å². The lowest BCUT2D eigenvalue weighted by Crippen LogP contribution is -2.41. The SMILES string of the molecule is O=C(CN1C(=O)[C@@H]2C3c4ccccc4C(c4ccccc43)[C@@H]2C1=O)Nc1ccccc1O. The van der Waals surface area contributed by atoms with Crippen molar-refractivity contribution in [1.82, 2.24) is 4.90 Å². The van der Waals surface area contributed by atoms with E-state index in [1.54, 1.807) is 18.2 Å². The van der Waals surface area contributed by atoms with E-state index >= 15 is 0 Å².